The van der Waals surface area contributed by atoms with Crippen molar-refractivity contribution in [1.82, 2.24) is 10.2 Å². The molecule has 0 saturated carbocycles. The number of fused-ring (bicyclic) bond motifs is 3. The van der Waals surface area contributed by atoms with Crippen molar-refractivity contribution in [2.75, 3.05) is 18.5 Å². The molecule has 0 radical (unpaired) electrons. The number of hydrogen-bond acceptors (Lipinski definition) is 6. The maximum Gasteiger partial charge on any atom is 0.410 e. The number of amides is 2. The van der Waals surface area contributed by atoms with Crippen molar-refractivity contribution in [2.24, 2.45) is 0 Å². The monoisotopic (exact) mass is 463 g/mol. The minimum atomic E-state index is -0.355. The number of anilines is 1. The third kappa shape index (κ3) is 4.39. The SMILES string of the molecule is CCOC(=O)N1CCc2c(sc3c2C(=O)N[C@H](c2cccc(OCc4ccccc4)c2)N3)C1. The average Bonchev–Trinajstić information content (AvgIpc) is 3.22. The van der Waals surface area contributed by atoms with E-state index in [2.05, 4.69) is 10.6 Å². The predicted octanol–water partition coefficient (Wildman–Crippen LogP) is 4.70. The molecule has 2 N–H and O–H groups in total. The lowest BCUT2D eigenvalue weighted by molar-refractivity contribution is 0.0934. The number of nitrogens with zero attached hydrogens (tertiary/aromatic N) is 1. The summed E-state index contributed by atoms with van der Waals surface area (Å²) >= 11 is 1.54. The number of ether oxygens (including phenoxy) is 2. The Kier molecular flexibility index (Phi) is 5.92. The topological polar surface area (TPSA) is 79.9 Å². The Hall–Kier alpha value is -3.52. The summed E-state index contributed by atoms with van der Waals surface area (Å²) in [4.78, 5) is 27.9. The van der Waals surface area contributed by atoms with Gasteiger partial charge in [-0.25, -0.2) is 4.79 Å². The highest BCUT2D eigenvalue weighted by Crippen LogP contribution is 2.41. The Morgan fingerprint density at radius 3 is 2.82 bits per heavy atom. The summed E-state index contributed by atoms with van der Waals surface area (Å²) in [5, 5.41) is 7.39. The van der Waals surface area contributed by atoms with Crippen LogP contribution in [0.2, 0.25) is 0 Å². The molecule has 0 unspecified atom stereocenters. The zero-order valence-corrected chi connectivity index (χ0v) is 19.1. The summed E-state index contributed by atoms with van der Waals surface area (Å²) in [7, 11) is 0. The number of carbonyl (C=O) groups excluding carboxylic acids is 2. The van der Waals surface area contributed by atoms with E-state index >= 15 is 0 Å². The fourth-order valence-electron chi connectivity index (χ4n) is 4.18. The van der Waals surface area contributed by atoms with Gasteiger partial charge < -0.3 is 25.0 Å². The van der Waals surface area contributed by atoms with Crippen molar-refractivity contribution < 1.29 is 19.1 Å². The van der Waals surface area contributed by atoms with Gasteiger partial charge >= 0.3 is 6.09 Å². The molecule has 3 heterocycles. The van der Waals surface area contributed by atoms with E-state index in [4.69, 9.17) is 9.47 Å². The van der Waals surface area contributed by atoms with Gasteiger partial charge in [-0.2, -0.15) is 0 Å². The molecule has 1 aromatic heterocycles. The minimum Gasteiger partial charge on any atom is -0.489 e. The summed E-state index contributed by atoms with van der Waals surface area (Å²) < 4.78 is 11.1. The fraction of sp³-hybridized carbons (Fsp3) is 0.280. The van der Waals surface area contributed by atoms with Gasteiger partial charge in [-0.05, 0) is 42.2 Å². The number of nitrogens with one attached hydrogen (secondary N) is 2. The number of benzene rings is 2. The first-order chi connectivity index (χ1) is 16.1. The molecule has 7 nitrogen and oxygen atoms in total. The normalized spacial score (nSPS) is 16.8. The van der Waals surface area contributed by atoms with Gasteiger partial charge in [-0.15, -0.1) is 11.3 Å². The quantitative estimate of drug-likeness (QED) is 0.574. The molecule has 2 amide bonds. The van der Waals surface area contributed by atoms with Crippen molar-refractivity contribution in [2.45, 2.75) is 32.7 Å². The van der Waals surface area contributed by atoms with Gasteiger partial charge in [0.2, 0.25) is 0 Å². The zero-order valence-electron chi connectivity index (χ0n) is 18.3. The fourth-order valence-corrected chi connectivity index (χ4v) is 5.47. The molecule has 0 aliphatic carbocycles. The lowest BCUT2D eigenvalue weighted by atomic mass is 10.0. The van der Waals surface area contributed by atoms with Crippen molar-refractivity contribution in [3.05, 3.63) is 81.7 Å². The third-order valence-corrected chi connectivity index (χ3v) is 6.95. The third-order valence-electron chi connectivity index (χ3n) is 5.80. The second-order valence-corrected chi connectivity index (χ2v) is 9.08. The zero-order chi connectivity index (χ0) is 22.8. The van der Waals surface area contributed by atoms with Crippen LogP contribution < -0.4 is 15.4 Å². The van der Waals surface area contributed by atoms with E-state index in [1.54, 1.807) is 11.8 Å². The number of thiophene rings is 1. The standard InChI is InChI=1S/C25H25N3O4S/c1-2-31-25(30)28-12-11-19-20(14-28)33-24-21(19)23(29)26-22(27-24)17-9-6-10-18(13-17)32-15-16-7-4-3-5-8-16/h3-10,13,22,27H,2,11-12,14-15H2,1H3,(H,26,29)/t22-/m0/s1. The van der Waals surface area contributed by atoms with E-state index in [1.807, 2.05) is 54.6 Å². The molecule has 3 aromatic rings. The largest absolute Gasteiger partial charge is 0.489 e. The maximum absolute atomic E-state index is 13.0. The molecule has 2 aromatic carbocycles. The summed E-state index contributed by atoms with van der Waals surface area (Å²) in [6.07, 6.45) is -0.0218. The molecule has 5 rings (SSSR count). The average molecular weight is 464 g/mol. The number of rotatable bonds is 5. The Morgan fingerprint density at radius 1 is 1.15 bits per heavy atom. The molecule has 0 bridgehead atoms. The van der Waals surface area contributed by atoms with Crippen LogP contribution in [0.5, 0.6) is 5.75 Å². The summed E-state index contributed by atoms with van der Waals surface area (Å²) in [6, 6.07) is 17.8. The first-order valence-corrected chi connectivity index (χ1v) is 11.8. The maximum atomic E-state index is 13.0. The molecule has 33 heavy (non-hydrogen) atoms. The van der Waals surface area contributed by atoms with Gasteiger partial charge in [0.05, 0.1) is 18.7 Å². The highest BCUT2D eigenvalue weighted by Gasteiger charge is 2.34. The number of carbonyl (C=O) groups is 2. The lowest BCUT2D eigenvalue weighted by Crippen LogP contribution is -2.39. The van der Waals surface area contributed by atoms with Gasteiger partial charge in [0.1, 0.15) is 23.5 Å². The van der Waals surface area contributed by atoms with E-state index in [0.29, 0.717) is 38.3 Å². The van der Waals surface area contributed by atoms with Gasteiger partial charge in [-0.3, -0.25) is 4.79 Å². The van der Waals surface area contributed by atoms with Crippen molar-refractivity contribution in [1.29, 1.82) is 0 Å². The Labute approximate surface area is 196 Å². The molecule has 2 aliphatic heterocycles. The van der Waals surface area contributed by atoms with Crippen LogP contribution in [0.15, 0.2) is 54.6 Å². The van der Waals surface area contributed by atoms with Crippen LogP contribution in [0, 0.1) is 0 Å². The Balaban J connectivity index is 1.32. The molecule has 170 valence electrons. The molecule has 0 spiro atoms. The lowest BCUT2D eigenvalue weighted by Gasteiger charge is -2.28. The first kappa shape index (κ1) is 21.3. The predicted molar refractivity (Wildman–Crippen MR) is 127 cm³/mol. The second-order valence-electron chi connectivity index (χ2n) is 7.98. The van der Waals surface area contributed by atoms with E-state index in [1.165, 1.54) is 11.3 Å². The van der Waals surface area contributed by atoms with Gasteiger partial charge in [0, 0.05) is 11.4 Å². The van der Waals surface area contributed by atoms with Crippen LogP contribution in [0.3, 0.4) is 0 Å². The van der Waals surface area contributed by atoms with Crippen molar-refractivity contribution in [3.63, 3.8) is 0 Å². The highest BCUT2D eigenvalue weighted by atomic mass is 32.1. The number of hydrogen-bond donors (Lipinski definition) is 2. The van der Waals surface area contributed by atoms with Crippen LogP contribution >= 0.6 is 11.3 Å². The summed E-state index contributed by atoms with van der Waals surface area (Å²) in [5.41, 5.74) is 3.74. The van der Waals surface area contributed by atoms with Crippen molar-refractivity contribution >= 4 is 28.3 Å². The van der Waals surface area contributed by atoms with Crippen molar-refractivity contribution in [3.8, 4) is 5.75 Å². The smallest absolute Gasteiger partial charge is 0.410 e. The Bertz CT molecular complexity index is 1180. The molecule has 0 saturated heterocycles. The molecule has 8 heteroatoms. The molecule has 2 aliphatic rings. The summed E-state index contributed by atoms with van der Waals surface area (Å²) in [5.74, 6) is 0.653. The summed E-state index contributed by atoms with van der Waals surface area (Å²) in [6.45, 7) is 3.64. The molecule has 0 fully saturated rings. The van der Waals surface area contributed by atoms with E-state index in [0.717, 1.165) is 32.3 Å². The molecular weight excluding hydrogens is 438 g/mol. The first-order valence-electron chi connectivity index (χ1n) is 11.0. The minimum absolute atomic E-state index is 0.0913. The van der Waals surface area contributed by atoms with Crippen LogP contribution in [0.1, 0.15) is 45.0 Å². The molecular formula is C25H25N3O4S. The Morgan fingerprint density at radius 2 is 2.00 bits per heavy atom. The highest BCUT2D eigenvalue weighted by molar-refractivity contribution is 7.16. The van der Waals surface area contributed by atoms with E-state index < -0.39 is 0 Å². The van der Waals surface area contributed by atoms with Crippen LogP contribution in [0.25, 0.3) is 0 Å². The van der Waals surface area contributed by atoms with Crippen LogP contribution in [0.4, 0.5) is 9.80 Å². The van der Waals surface area contributed by atoms with Gasteiger partial charge in [0.25, 0.3) is 5.91 Å². The van der Waals surface area contributed by atoms with E-state index in [9.17, 15) is 9.59 Å². The van der Waals surface area contributed by atoms with Crippen LogP contribution in [-0.4, -0.2) is 30.1 Å². The van der Waals surface area contributed by atoms with Gasteiger partial charge in [0.15, 0.2) is 0 Å². The molecule has 1 atom stereocenters. The van der Waals surface area contributed by atoms with Gasteiger partial charge in [-0.1, -0.05) is 42.5 Å². The van der Waals surface area contributed by atoms with E-state index in [-0.39, 0.29) is 18.2 Å². The second kappa shape index (κ2) is 9.15. The van der Waals surface area contributed by atoms with Crippen LogP contribution in [-0.2, 0) is 24.3 Å².